The van der Waals surface area contributed by atoms with Crippen LogP contribution in [0.5, 0.6) is 0 Å². The van der Waals surface area contributed by atoms with Gasteiger partial charge in [0.15, 0.2) is 0 Å². The Morgan fingerprint density at radius 1 is 1.08 bits per heavy atom. The van der Waals surface area contributed by atoms with Crippen LogP contribution in [0.4, 0.5) is 11.4 Å². The molecule has 0 aliphatic heterocycles. The molecule has 5 heteroatoms. The standard InChI is InChI=1S/C20H21N3O2/c1-3-23(4-2)18-11-10-15-12-16(20(24)25-19(15)13-18)14-21-22-17-8-6-5-7-9-17/h5-14,22H,3-4H2,1-2H3/b21-14+. The average Bonchev–Trinajstić information content (AvgIpc) is 2.64. The Kier molecular flexibility index (Phi) is 5.14. The van der Waals surface area contributed by atoms with Gasteiger partial charge in [-0.1, -0.05) is 18.2 Å². The molecular weight excluding hydrogens is 314 g/mol. The molecule has 0 aliphatic carbocycles. The maximum absolute atomic E-state index is 12.2. The van der Waals surface area contributed by atoms with Gasteiger partial charge in [0, 0.05) is 30.2 Å². The number of benzene rings is 2. The van der Waals surface area contributed by atoms with E-state index in [4.69, 9.17) is 4.42 Å². The Labute approximate surface area is 146 Å². The van der Waals surface area contributed by atoms with E-state index in [1.807, 2.05) is 48.5 Å². The van der Waals surface area contributed by atoms with E-state index in [0.717, 1.165) is 29.9 Å². The van der Waals surface area contributed by atoms with Crippen LogP contribution in [0.15, 0.2) is 68.9 Å². The SMILES string of the molecule is CCN(CC)c1ccc2cc(/C=N/Nc3ccccc3)c(=O)oc2c1. The summed E-state index contributed by atoms with van der Waals surface area (Å²) in [6.45, 7) is 6.01. The Bertz CT molecular complexity index is 929. The Hall–Kier alpha value is -3.08. The first-order valence-corrected chi connectivity index (χ1v) is 8.38. The molecule has 3 aromatic rings. The number of hydrogen-bond acceptors (Lipinski definition) is 5. The van der Waals surface area contributed by atoms with Gasteiger partial charge in [-0.25, -0.2) is 4.79 Å². The van der Waals surface area contributed by atoms with Gasteiger partial charge in [0.1, 0.15) is 5.58 Å². The lowest BCUT2D eigenvalue weighted by molar-refractivity contribution is 0.559. The molecule has 0 spiro atoms. The first-order chi connectivity index (χ1) is 12.2. The topological polar surface area (TPSA) is 57.8 Å². The number of rotatable bonds is 6. The van der Waals surface area contributed by atoms with E-state index in [2.05, 4.69) is 29.3 Å². The molecule has 0 fully saturated rings. The zero-order valence-electron chi connectivity index (χ0n) is 14.4. The van der Waals surface area contributed by atoms with Crippen LogP contribution < -0.4 is 16.0 Å². The van der Waals surface area contributed by atoms with Crippen molar-refractivity contribution >= 4 is 28.6 Å². The second-order valence-electron chi connectivity index (χ2n) is 5.62. The van der Waals surface area contributed by atoms with Crippen LogP contribution in [0.2, 0.25) is 0 Å². The van der Waals surface area contributed by atoms with Crippen LogP contribution in [-0.4, -0.2) is 19.3 Å². The van der Waals surface area contributed by atoms with Crippen LogP contribution in [0.1, 0.15) is 19.4 Å². The van der Waals surface area contributed by atoms with Gasteiger partial charge in [0.05, 0.1) is 17.5 Å². The fourth-order valence-corrected chi connectivity index (χ4v) is 2.68. The van der Waals surface area contributed by atoms with Crippen molar-refractivity contribution in [1.82, 2.24) is 0 Å². The van der Waals surface area contributed by atoms with Crippen molar-refractivity contribution in [3.63, 3.8) is 0 Å². The van der Waals surface area contributed by atoms with Crippen LogP contribution in [0.25, 0.3) is 11.0 Å². The molecule has 2 aromatic carbocycles. The van der Waals surface area contributed by atoms with Gasteiger partial charge >= 0.3 is 5.63 Å². The first kappa shape index (κ1) is 16.8. The van der Waals surface area contributed by atoms with E-state index >= 15 is 0 Å². The zero-order chi connectivity index (χ0) is 17.6. The minimum atomic E-state index is -0.400. The fraction of sp³-hybridized carbons (Fsp3) is 0.200. The number of para-hydroxylation sites is 1. The molecule has 0 atom stereocenters. The average molecular weight is 335 g/mol. The van der Waals surface area contributed by atoms with E-state index in [0.29, 0.717) is 11.1 Å². The second-order valence-corrected chi connectivity index (χ2v) is 5.62. The number of nitrogens with one attached hydrogen (secondary N) is 1. The lowest BCUT2D eigenvalue weighted by Gasteiger charge is -2.20. The lowest BCUT2D eigenvalue weighted by Crippen LogP contribution is -2.21. The van der Waals surface area contributed by atoms with Crippen LogP contribution in [0.3, 0.4) is 0 Å². The van der Waals surface area contributed by atoms with Gasteiger partial charge in [0.25, 0.3) is 0 Å². The first-order valence-electron chi connectivity index (χ1n) is 8.38. The normalized spacial score (nSPS) is 11.1. The van der Waals surface area contributed by atoms with Crippen molar-refractivity contribution in [3.8, 4) is 0 Å². The van der Waals surface area contributed by atoms with E-state index in [1.165, 1.54) is 6.21 Å². The minimum Gasteiger partial charge on any atom is -0.422 e. The van der Waals surface area contributed by atoms with Gasteiger partial charge in [-0.15, -0.1) is 0 Å². The molecule has 25 heavy (non-hydrogen) atoms. The summed E-state index contributed by atoms with van der Waals surface area (Å²) in [7, 11) is 0. The molecule has 0 unspecified atom stereocenters. The van der Waals surface area contributed by atoms with Crippen molar-refractivity contribution in [1.29, 1.82) is 0 Å². The fourth-order valence-electron chi connectivity index (χ4n) is 2.68. The van der Waals surface area contributed by atoms with Crippen LogP contribution >= 0.6 is 0 Å². The molecule has 128 valence electrons. The Balaban J connectivity index is 1.86. The molecule has 0 saturated heterocycles. The van der Waals surface area contributed by atoms with E-state index in [-0.39, 0.29) is 0 Å². The van der Waals surface area contributed by atoms with Crippen molar-refractivity contribution in [2.75, 3.05) is 23.4 Å². The second kappa shape index (κ2) is 7.66. The molecule has 1 N–H and O–H groups in total. The van der Waals surface area contributed by atoms with Crippen LogP contribution in [-0.2, 0) is 0 Å². The summed E-state index contributed by atoms with van der Waals surface area (Å²) in [4.78, 5) is 14.4. The minimum absolute atomic E-state index is 0.400. The Morgan fingerprint density at radius 3 is 2.56 bits per heavy atom. The Morgan fingerprint density at radius 2 is 1.84 bits per heavy atom. The summed E-state index contributed by atoms with van der Waals surface area (Å²) < 4.78 is 5.47. The highest BCUT2D eigenvalue weighted by molar-refractivity contribution is 5.88. The molecular formula is C20H21N3O2. The summed E-state index contributed by atoms with van der Waals surface area (Å²) in [5.74, 6) is 0. The number of anilines is 2. The highest BCUT2D eigenvalue weighted by atomic mass is 16.4. The molecule has 0 radical (unpaired) electrons. The third kappa shape index (κ3) is 3.88. The lowest BCUT2D eigenvalue weighted by atomic mass is 10.1. The molecule has 5 nitrogen and oxygen atoms in total. The van der Waals surface area contributed by atoms with Gasteiger partial charge in [-0.3, -0.25) is 5.43 Å². The molecule has 1 aromatic heterocycles. The van der Waals surface area contributed by atoms with E-state index in [1.54, 1.807) is 6.07 Å². The van der Waals surface area contributed by atoms with Crippen LogP contribution in [0, 0.1) is 0 Å². The maximum Gasteiger partial charge on any atom is 0.345 e. The quantitative estimate of drug-likeness (QED) is 0.419. The smallest absolute Gasteiger partial charge is 0.345 e. The van der Waals surface area contributed by atoms with Crippen molar-refractivity contribution in [3.05, 3.63) is 70.6 Å². The van der Waals surface area contributed by atoms with Gasteiger partial charge < -0.3 is 9.32 Å². The third-order valence-electron chi connectivity index (χ3n) is 4.05. The summed E-state index contributed by atoms with van der Waals surface area (Å²) in [6.07, 6.45) is 1.48. The third-order valence-corrected chi connectivity index (χ3v) is 4.05. The summed E-state index contributed by atoms with van der Waals surface area (Å²) >= 11 is 0. The summed E-state index contributed by atoms with van der Waals surface area (Å²) in [5.41, 5.74) is 5.39. The molecule has 0 amide bonds. The summed E-state index contributed by atoms with van der Waals surface area (Å²) in [6, 6.07) is 17.3. The number of hydrazone groups is 1. The van der Waals surface area contributed by atoms with Crippen molar-refractivity contribution in [2.24, 2.45) is 5.10 Å². The monoisotopic (exact) mass is 335 g/mol. The molecule has 0 bridgehead atoms. The van der Waals surface area contributed by atoms with Gasteiger partial charge in [-0.05, 0) is 44.2 Å². The highest BCUT2D eigenvalue weighted by Gasteiger charge is 2.07. The van der Waals surface area contributed by atoms with Gasteiger partial charge in [0.2, 0.25) is 0 Å². The predicted octanol–water partition coefficient (Wildman–Crippen LogP) is 4.09. The van der Waals surface area contributed by atoms with Gasteiger partial charge in [-0.2, -0.15) is 5.10 Å². The molecule has 0 saturated carbocycles. The van der Waals surface area contributed by atoms with E-state index < -0.39 is 5.63 Å². The van der Waals surface area contributed by atoms with E-state index in [9.17, 15) is 4.79 Å². The number of hydrogen-bond donors (Lipinski definition) is 1. The summed E-state index contributed by atoms with van der Waals surface area (Å²) in [5, 5.41) is 4.98. The highest BCUT2D eigenvalue weighted by Crippen LogP contribution is 2.21. The zero-order valence-corrected chi connectivity index (χ0v) is 14.4. The molecule has 0 aliphatic rings. The largest absolute Gasteiger partial charge is 0.422 e. The predicted molar refractivity (Wildman–Crippen MR) is 104 cm³/mol. The number of fused-ring (bicyclic) bond motifs is 1. The molecule has 3 rings (SSSR count). The molecule has 1 heterocycles. The van der Waals surface area contributed by atoms with Crippen molar-refractivity contribution < 1.29 is 4.42 Å². The maximum atomic E-state index is 12.2. The number of nitrogens with zero attached hydrogens (tertiary/aromatic N) is 2. The van der Waals surface area contributed by atoms with Crippen molar-refractivity contribution in [2.45, 2.75) is 13.8 Å².